The number of benzene rings is 1. The molecule has 0 aromatic heterocycles. The monoisotopic (exact) mass is 413 g/mol. The average Bonchev–Trinajstić information content (AvgIpc) is 2.97. The van der Waals surface area contributed by atoms with Crippen LogP contribution in [0.25, 0.3) is 0 Å². The lowest BCUT2D eigenvalue weighted by Gasteiger charge is -2.33. The van der Waals surface area contributed by atoms with Crippen LogP contribution in [-0.4, -0.2) is 67.6 Å². The Hall–Kier alpha value is -1.59. The molecule has 3 aliphatic heterocycles. The zero-order valence-corrected chi connectivity index (χ0v) is 18.6. The predicted molar refractivity (Wildman–Crippen MR) is 122 cm³/mol. The van der Waals surface area contributed by atoms with Gasteiger partial charge in [-0.15, -0.1) is 0 Å². The lowest BCUT2D eigenvalue weighted by atomic mass is 10.1. The Morgan fingerprint density at radius 1 is 0.833 bits per heavy atom. The van der Waals surface area contributed by atoms with E-state index < -0.39 is 0 Å². The molecule has 3 saturated heterocycles. The number of carbonyl (C=O) groups excluding carboxylic acids is 1. The van der Waals surface area contributed by atoms with E-state index >= 15 is 0 Å². The molecule has 3 fully saturated rings. The van der Waals surface area contributed by atoms with E-state index in [-0.39, 0.29) is 5.91 Å². The standard InChI is InChI=1S/C25H39N3O2/c29-25-14-11-23(21-27-17-6-3-7-18-27)28(25)22-9-12-24(13-10-22)30-20-8-19-26-15-4-1-2-5-16-26/h9-10,12-13,23H,1-8,11,14-21H2. The van der Waals surface area contributed by atoms with Gasteiger partial charge in [-0.1, -0.05) is 19.3 Å². The summed E-state index contributed by atoms with van der Waals surface area (Å²) in [7, 11) is 0. The smallest absolute Gasteiger partial charge is 0.227 e. The summed E-state index contributed by atoms with van der Waals surface area (Å²) in [5, 5.41) is 0. The minimum atomic E-state index is 0.267. The molecule has 5 heteroatoms. The van der Waals surface area contributed by atoms with Gasteiger partial charge in [0.05, 0.1) is 12.6 Å². The van der Waals surface area contributed by atoms with Gasteiger partial charge in [-0.3, -0.25) is 4.79 Å². The number of amides is 1. The molecule has 1 aromatic rings. The van der Waals surface area contributed by atoms with Crippen LogP contribution in [0.2, 0.25) is 0 Å². The van der Waals surface area contributed by atoms with E-state index in [1.54, 1.807) is 0 Å². The molecule has 3 aliphatic rings. The van der Waals surface area contributed by atoms with E-state index in [0.717, 1.165) is 44.0 Å². The normalized spacial score (nSPS) is 24.2. The largest absolute Gasteiger partial charge is 0.494 e. The fraction of sp³-hybridized carbons (Fsp3) is 0.720. The first kappa shape index (κ1) is 21.6. The molecule has 4 rings (SSSR count). The molecule has 1 unspecified atom stereocenters. The summed E-state index contributed by atoms with van der Waals surface area (Å²) < 4.78 is 5.98. The molecular formula is C25H39N3O2. The Labute approximate surface area is 182 Å². The van der Waals surface area contributed by atoms with Gasteiger partial charge in [0.25, 0.3) is 0 Å². The number of likely N-dealkylation sites (tertiary alicyclic amines) is 2. The molecule has 0 N–H and O–H groups in total. The van der Waals surface area contributed by atoms with E-state index in [4.69, 9.17) is 4.74 Å². The van der Waals surface area contributed by atoms with E-state index in [2.05, 4.69) is 21.9 Å². The van der Waals surface area contributed by atoms with Crippen molar-refractivity contribution in [3.05, 3.63) is 24.3 Å². The predicted octanol–water partition coefficient (Wildman–Crippen LogP) is 4.31. The average molecular weight is 414 g/mol. The van der Waals surface area contributed by atoms with E-state index in [0.29, 0.717) is 12.5 Å². The number of piperidine rings is 1. The van der Waals surface area contributed by atoms with Crippen LogP contribution in [0.1, 0.15) is 64.2 Å². The summed E-state index contributed by atoms with van der Waals surface area (Å²) >= 11 is 0. The molecule has 1 amide bonds. The molecule has 1 aromatic carbocycles. The van der Waals surface area contributed by atoms with Crippen LogP contribution in [0.4, 0.5) is 5.69 Å². The Morgan fingerprint density at radius 3 is 2.17 bits per heavy atom. The molecule has 0 saturated carbocycles. The summed E-state index contributed by atoms with van der Waals surface area (Å²) in [6.07, 6.45) is 12.1. The second-order valence-electron chi connectivity index (χ2n) is 9.27. The summed E-state index contributed by atoms with van der Waals surface area (Å²) in [6, 6.07) is 8.51. The van der Waals surface area contributed by atoms with Gasteiger partial charge in [0.1, 0.15) is 5.75 Å². The lowest BCUT2D eigenvalue weighted by Crippen LogP contribution is -2.43. The molecule has 0 radical (unpaired) electrons. The molecule has 0 bridgehead atoms. The van der Waals surface area contributed by atoms with E-state index in [1.807, 2.05) is 17.0 Å². The highest BCUT2D eigenvalue weighted by Gasteiger charge is 2.33. The van der Waals surface area contributed by atoms with Crippen molar-refractivity contribution in [1.82, 2.24) is 9.80 Å². The molecule has 3 heterocycles. The number of rotatable bonds is 8. The maximum atomic E-state index is 12.6. The van der Waals surface area contributed by atoms with Crippen LogP contribution in [0.3, 0.4) is 0 Å². The Balaban J connectivity index is 1.25. The Morgan fingerprint density at radius 2 is 1.47 bits per heavy atom. The first-order chi connectivity index (χ1) is 14.8. The minimum absolute atomic E-state index is 0.267. The number of hydrogen-bond acceptors (Lipinski definition) is 4. The summed E-state index contributed by atoms with van der Waals surface area (Å²) in [5.74, 6) is 1.18. The topological polar surface area (TPSA) is 36.0 Å². The van der Waals surface area contributed by atoms with Gasteiger partial charge in [0, 0.05) is 25.2 Å². The molecule has 0 aliphatic carbocycles. The van der Waals surface area contributed by atoms with Crippen molar-refractivity contribution >= 4 is 11.6 Å². The maximum absolute atomic E-state index is 12.6. The van der Waals surface area contributed by atoms with Crippen LogP contribution in [0.15, 0.2) is 24.3 Å². The van der Waals surface area contributed by atoms with Gasteiger partial charge < -0.3 is 19.4 Å². The van der Waals surface area contributed by atoms with Crippen molar-refractivity contribution < 1.29 is 9.53 Å². The van der Waals surface area contributed by atoms with Crippen molar-refractivity contribution in [2.45, 2.75) is 70.3 Å². The highest BCUT2D eigenvalue weighted by molar-refractivity contribution is 5.96. The number of nitrogens with zero attached hydrogens (tertiary/aromatic N) is 3. The van der Waals surface area contributed by atoms with Crippen LogP contribution in [-0.2, 0) is 4.79 Å². The molecule has 5 nitrogen and oxygen atoms in total. The van der Waals surface area contributed by atoms with Crippen molar-refractivity contribution in [2.24, 2.45) is 0 Å². The van der Waals surface area contributed by atoms with Crippen LogP contribution < -0.4 is 9.64 Å². The van der Waals surface area contributed by atoms with Gasteiger partial charge >= 0.3 is 0 Å². The van der Waals surface area contributed by atoms with Crippen molar-refractivity contribution in [3.63, 3.8) is 0 Å². The van der Waals surface area contributed by atoms with Crippen molar-refractivity contribution in [3.8, 4) is 5.75 Å². The molecule has 0 spiro atoms. The van der Waals surface area contributed by atoms with E-state index in [1.165, 1.54) is 71.1 Å². The van der Waals surface area contributed by atoms with E-state index in [9.17, 15) is 4.79 Å². The number of carbonyl (C=O) groups is 1. The summed E-state index contributed by atoms with van der Waals surface area (Å²) in [6.45, 7) is 7.77. The lowest BCUT2D eigenvalue weighted by molar-refractivity contribution is -0.117. The van der Waals surface area contributed by atoms with Crippen LogP contribution in [0, 0.1) is 0 Å². The first-order valence-electron chi connectivity index (χ1n) is 12.3. The molecule has 166 valence electrons. The number of hydrogen-bond donors (Lipinski definition) is 0. The molecular weight excluding hydrogens is 374 g/mol. The summed E-state index contributed by atoms with van der Waals surface area (Å²) in [5.41, 5.74) is 1.02. The quantitative estimate of drug-likeness (QED) is 0.595. The maximum Gasteiger partial charge on any atom is 0.227 e. The minimum Gasteiger partial charge on any atom is -0.494 e. The second kappa shape index (κ2) is 11.1. The van der Waals surface area contributed by atoms with Crippen molar-refractivity contribution in [2.75, 3.05) is 50.8 Å². The third kappa shape index (κ3) is 5.98. The molecule has 30 heavy (non-hydrogen) atoms. The second-order valence-corrected chi connectivity index (χ2v) is 9.27. The zero-order chi connectivity index (χ0) is 20.6. The number of anilines is 1. The Kier molecular flexibility index (Phi) is 8.04. The molecule has 1 atom stereocenters. The highest BCUT2D eigenvalue weighted by Crippen LogP contribution is 2.29. The van der Waals surface area contributed by atoms with Gasteiger partial charge in [-0.2, -0.15) is 0 Å². The fourth-order valence-electron chi connectivity index (χ4n) is 5.25. The highest BCUT2D eigenvalue weighted by atomic mass is 16.5. The fourth-order valence-corrected chi connectivity index (χ4v) is 5.25. The van der Waals surface area contributed by atoms with Gasteiger partial charge in [-0.25, -0.2) is 0 Å². The van der Waals surface area contributed by atoms with Crippen LogP contribution >= 0.6 is 0 Å². The Bertz CT molecular complexity index is 649. The third-order valence-corrected chi connectivity index (χ3v) is 6.94. The zero-order valence-electron chi connectivity index (χ0n) is 18.6. The van der Waals surface area contributed by atoms with Gasteiger partial charge in [0.2, 0.25) is 5.91 Å². The van der Waals surface area contributed by atoms with Crippen molar-refractivity contribution in [1.29, 1.82) is 0 Å². The van der Waals surface area contributed by atoms with Gasteiger partial charge in [0.15, 0.2) is 0 Å². The number of ether oxygens (including phenoxy) is 1. The van der Waals surface area contributed by atoms with Gasteiger partial charge in [-0.05, 0) is 89.0 Å². The summed E-state index contributed by atoms with van der Waals surface area (Å²) in [4.78, 5) is 19.7. The SMILES string of the molecule is O=C1CCC(CN2CCCCC2)N1c1ccc(OCCCN2CCCCCC2)cc1. The third-order valence-electron chi connectivity index (χ3n) is 6.94. The first-order valence-corrected chi connectivity index (χ1v) is 12.3. The van der Waals surface area contributed by atoms with Crippen LogP contribution in [0.5, 0.6) is 5.75 Å².